The molecular formula is C16H16N4O4. The van der Waals surface area contributed by atoms with Gasteiger partial charge >= 0.3 is 17.1 Å². The third-order valence-corrected chi connectivity index (χ3v) is 3.67. The van der Waals surface area contributed by atoms with Crippen LogP contribution >= 0.6 is 0 Å². The van der Waals surface area contributed by atoms with E-state index in [1.807, 2.05) is 6.92 Å². The minimum Gasteiger partial charge on any atom is -0.465 e. The Kier molecular flexibility index (Phi) is 4.03. The summed E-state index contributed by atoms with van der Waals surface area (Å²) in [5.74, 6) is -0.573. The lowest BCUT2D eigenvalue weighted by Gasteiger charge is -2.13. The summed E-state index contributed by atoms with van der Waals surface area (Å²) in [5.41, 5.74) is 1.03. The largest absolute Gasteiger partial charge is 0.465 e. The maximum atomic E-state index is 12.2. The van der Waals surface area contributed by atoms with Crippen molar-refractivity contribution in [3.8, 4) is 5.69 Å². The number of ether oxygens (including phenoxy) is 1. The Labute approximate surface area is 136 Å². The summed E-state index contributed by atoms with van der Waals surface area (Å²) in [6, 6.07) is 3.50. The first-order valence-electron chi connectivity index (χ1n) is 7.42. The highest BCUT2D eigenvalue weighted by Crippen LogP contribution is 2.20. The molecule has 1 N–H and O–H groups in total. The molecule has 124 valence electrons. The first kappa shape index (κ1) is 15.7. The molecule has 0 saturated carbocycles. The normalized spacial score (nSPS) is 10.9. The number of carbonyl (C=O) groups is 1. The standard InChI is InChI=1S/C16H16N4O4/c1-3-24-14(21)8-20-13-7-12(19-5-4-17-9-19)10(2)6-11(13)18-15(22)16(20)23/h4-7,9H,3,8H2,1-2H3,(H,18,22). The van der Waals surface area contributed by atoms with Crippen molar-refractivity contribution in [2.24, 2.45) is 0 Å². The molecule has 0 fully saturated rings. The number of rotatable bonds is 4. The number of nitrogens with one attached hydrogen (secondary N) is 1. The molecule has 1 aromatic carbocycles. The van der Waals surface area contributed by atoms with Crippen molar-refractivity contribution >= 4 is 17.0 Å². The Morgan fingerprint density at radius 1 is 1.33 bits per heavy atom. The van der Waals surface area contributed by atoms with Crippen LogP contribution in [0.25, 0.3) is 16.7 Å². The lowest BCUT2D eigenvalue weighted by molar-refractivity contribution is -0.143. The third kappa shape index (κ3) is 2.73. The number of aromatic amines is 1. The minimum atomic E-state index is -0.795. The summed E-state index contributed by atoms with van der Waals surface area (Å²) < 4.78 is 7.81. The summed E-state index contributed by atoms with van der Waals surface area (Å²) >= 11 is 0. The fraction of sp³-hybridized carbons (Fsp3) is 0.250. The van der Waals surface area contributed by atoms with Gasteiger partial charge in [-0.05, 0) is 31.5 Å². The van der Waals surface area contributed by atoms with E-state index in [1.165, 1.54) is 0 Å². The molecule has 0 atom stereocenters. The fourth-order valence-electron chi connectivity index (χ4n) is 2.59. The van der Waals surface area contributed by atoms with E-state index < -0.39 is 17.1 Å². The highest BCUT2D eigenvalue weighted by atomic mass is 16.5. The predicted molar refractivity (Wildman–Crippen MR) is 87.3 cm³/mol. The molecule has 0 aliphatic heterocycles. The molecule has 0 aliphatic rings. The molecule has 0 amide bonds. The van der Waals surface area contributed by atoms with Crippen molar-refractivity contribution in [1.29, 1.82) is 0 Å². The minimum absolute atomic E-state index is 0.202. The average molecular weight is 328 g/mol. The maximum Gasteiger partial charge on any atom is 0.326 e. The summed E-state index contributed by atoms with van der Waals surface area (Å²) in [5, 5.41) is 0. The monoisotopic (exact) mass is 328 g/mol. The van der Waals surface area contributed by atoms with E-state index in [0.29, 0.717) is 11.0 Å². The average Bonchev–Trinajstić information content (AvgIpc) is 3.06. The second kappa shape index (κ2) is 6.15. The third-order valence-electron chi connectivity index (χ3n) is 3.67. The molecular weight excluding hydrogens is 312 g/mol. The van der Waals surface area contributed by atoms with Crippen LogP contribution in [0.2, 0.25) is 0 Å². The van der Waals surface area contributed by atoms with Crippen molar-refractivity contribution in [1.82, 2.24) is 19.1 Å². The van der Waals surface area contributed by atoms with Gasteiger partial charge in [-0.2, -0.15) is 0 Å². The number of esters is 1. The van der Waals surface area contributed by atoms with Crippen molar-refractivity contribution in [3.63, 3.8) is 0 Å². The number of aryl methyl sites for hydroxylation is 1. The van der Waals surface area contributed by atoms with Gasteiger partial charge < -0.3 is 14.3 Å². The van der Waals surface area contributed by atoms with Crippen molar-refractivity contribution in [3.05, 3.63) is 57.1 Å². The van der Waals surface area contributed by atoms with Crippen LogP contribution in [0.15, 0.2) is 40.4 Å². The molecule has 0 aliphatic carbocycles. The van der Waals surface area contributed by atoms with Gasteiger partial charge in [0, 0.05) is 12.4 Å². The first-order chi connectivity index (χ1) is 11.5. The summed E-state index contributed by atoms with van der Waals surface area (Å²) in [7, 11) is 0. The molecule has 0 unspecified atom stereocenters. The van der Waals surface area contributed by atoms with E-state index in [-0.39, 0.29) is 13.2 Å². The van der Waals surface area contributed by atoms with E-state index in [4.69, 9.17) is 4.74 Å². The first-order valence-corrected chi connectivity index (χ1v) is 7.42. The van der Waals surface area contributed by atoms with Gasteiger partial charge in [0.05, 0.1) is 29.7 Å². The Balaban J connectivity index is 2.26. The molecule has 3 rings (SSSR count). The van der Waals surface area contributed by atoms with E-state index >= 15 is 0 Å². The fourth-order valence-corrected chi connectivity index (χ4v) is 2.59. The van der Waals surface area contributed by atoms with Crippen LogP contribution in [-0.2, 0) is 16.1 Å². The quantitative estimate of drug-likeness (QED) is 0.563. The van der Waals surface area contributed by atoms with E-state index in [2.05, 4.69) is 9.97 Å². The lowest BCUT2D eigenvalue weighted by Crippen LogP contribution is -2.38. The molecule has 0 radical (unpaired) electrons. The number of aromatic nitrogens is 4. The van der Waals surface area contributed by atoms with Gasteiger partial charge in [0.2, 0.25) is 0 Å². The molecule has 8 heteroatoms. The van der Waals surface area contributed by atoms with Gasteiger partial charge in [0.1, 0.15) is 6.54 Å². The van der Waals surface area contributed by atoms with E-state index in [9.17, 15) is 14.4 Å². The van der Waals surface area contributed by atoms with Crippen LogP contribution in [0.1, 0.15) is 12.5 Å². The van der Waals surface area contributed by atoms with Gasteiger partial charge in [0.25, 0.3) is 0 Å². The Morgan fingerprint density at radius 3 is 2.79 bits per heavy atom. The summed E-state index contributed by atoms with van der Waals surface area (Å²) in [6.45, 7) is 3.44. The number of imidazole rings is 1. The van der Waals surface area contributed by atoms with Crippen molar-refractivity contribution < 1.29 is 9.53 Å². The molecule has 0 bridgehead atoms. The zero-order chi connectivity index (χ0) is 17.3. The van der Waals surface area contributed by atoms with Crippen LogP contribution in [0.5, 0.6) is 0 Å². The molecule has 0 spiro atoms. The topological polar surface area (TPSA) is 99.0 Å². The molecule has 3 aromatic rings. The number of nitrogens with zero attached hydrogens (tertiary/aromatic N) is 3. The molecule has 2 heterocycles. The molecule has 8 nitrogen and oxygen atoms in total. The highest BCUT2D eigenvalue weighted by Gasteiger charge is 2.14. The Hall–Kier alpha value is -3.16. The van der Waals surface area contributed by atoms with E-state index in [1.54, 1.807) is 42.3 Å². The molecule has 24 heavy (non-hydrogen) atoms. The molecule has 0 saturated heterocycles. The van der Waals surface area contributed by atoms with Crippen molar-refractivity contribution in [2.45, 2.75) is 20.4 Å². The van der Waals surface area contributed by atoms with E-state index in [0.717, 1.165) is 15.8 Å². The summed E-state index contributed by atoms with van der Waals surface area (Å²) in [6.07, 6.45) is 5.05. The SMILES string of the molecule is CCOC(=O)Cn1c(=O)c(=O)[nH]c2cc(C)c(-n3ccnc3)cc21. The van der Waals surface area contributed by atoms with Crippen LogP contribution < -0.4 is 11.1 Å². The van der Waals surface area contributed by atoms with Crippen LogP contribution in [0.4, 0.5) is 0 Å². The van der Waals surface area contributed by atoms with Gasteiger partial charge in [-0.25, -0.2) is 4.98 Å². The predicted octanol–water partition coefficient (Wildman–Crippen LogP) is 0.747. The molecule has 2 aromatic heterocycles. The zero-order valence-corrected chi connectivity index (χ0v) is 13.3. The number of hydrogen-bond donors (Lipinski definition) is 1. The highest BCUT2D eigenvalue weighted by molar-refractivity contribution is 5.80. The van der Waals surface area contributed by atoms with Crippen molar-refractivity contribution in [2.75, 3.05) is 6.61 Å². The summed E-state index contributed by atoms with van der Waals surface area (Å²) in [4.78, 5) is 42.4. The van der Waals surface area contributed by atoms with Gasteiger partial charge in [-0.1, -0.05) is 0 Å². The van der Waals surface area contributed by atoms with Crippen LogP contribution in [0, 0.1) is 6.92 Å². The Bertz CT molecular complexity index is 1010. The Morgan fingerprint density at radius 2 is 2.12 bits per heavy atom. The second-order valence-corrected chi connectivity index (χ2v) is 5.28. The zero-order valence-electron chi connectivity index (χ0n) is 13.3. The van der Waals surface area contributed by atoms with Gasteiger partial charge in [-0.15, -0.1) is 0 Å². The second-order valence-electron chi connectivity index (χ2n) is 5.28. The van der Waals surface area contributed by atoms with Gasteiger partial charge in [0.15, 0.2) is 0 Å². The van der Waals surface area contributed by atoms with Crippen LogP contribution in [-0.4, -0.2) is 31.7 Å². The number of hydrogen-bond acceptors (Lipinski definition) is 5. The smallest absolute Gasteiger partial charge is 0.326 e. The van der Waals surface area contributed by atoms with Crippen LogP contribution in [0.3, 0.4) is 0 Å². The number of carbonyl (C=O) groups excluding carboxylic acids is 1. The number of H-pyrrole nitrogens is 1. The number of benzene rings is 1. The maximum absolute atomic E-state index is 12.2. The lowest BCUT2D eigenvalue weighted by atomic mass is 10.1. The van der Waals surface area contributed by atoms with Gasteiger partial charge in [-0.3, -0.25) is 19.0 Å². The number of fused-ring (bicyclic) bond motifs is 1.